The van der Waals surface area contributed by atoms with Crippen molar-refractivity contribution in [2.75, 3.05) is 27.0 Å². The Morgan fingerprint density at radius 1 is 1.06 bits per heavy atom. The lowest BCUT2D eigenvalue weighted by molar-refractivity contribution is -0.125. The smallest absolute Gasteiger partial charge is 0.243 e. The van der Waals surface area contributed by atoms with Crippen molar-refractivity contribution in [3.05, 3.63) is 82.9 Å². The number of carbonyl (C=O) groups excluding carboxylic acids is 1. The molecular weight excluding hydrogens is 504 g/mol. The quantitative estimate of drug-likeness (QED) is 0.501. The zero-order valence-electron chi connectivity index (χ0n) is 19.5. The molecule has 1 amide bonds. The maximum absolute atomic E-state index is 13.4. The molecule has 10 heteroatoms. The van der Waals surface area contributed by atoms with Gasteiger partial charge in [0.2, 0.25) is 22.7 Å². The number of carbonyl (C=O) groups is 1. The summed E-state index contributed by atoms with van der Waals surface area (Å²) in [5, 5.41) is 3.42. The molecule has 0 aliphatic carbocycles. The first-order chi connectivity index (χ1) is 17.4. The fraction of sp³-hybridized carbons (Fsp3) is 0.269. The molecule has 8 nitrogen and oxygen atoms in total. The van der Waals surface area contributed by atoms with Crippen LogP contribution in [0.5, 0.6) is 17.2 Å². The number of methoxy groups -OCH3 is 1. The van der Waals surface area contributed by atoms with Crippen molar-refractivity contribution < 1.29 is 27.4 Å². The second kappa shape index (κ2) is 10.0. The molecule has 1 fully saturated rings. The number of nitrogens with one attached hydrogen (secondary N) is 1. The number of para-hydroxylation sites is 1. The zero-order chi connectivity index (χ0) is 25.3. The molecule has 1 N–H and O–H groups in total. The summed E-state index contributed by atoms with van der Waals surface area (Å²) in [4.78, 5) is 13.6. The Bertz CT molecular complexity index is 1380. The van der Waals surface area contributed by atoms with Crippen LogP contribution in [0.4, 0.5) is 0 Å². The molecule has 1 saturated heterocycles. The summed E-state index contributed by atoms with van der Waals surface area (Å²) in [5.41, 5.74) is 1.64. The first-order valence-electron chi connectivity index (χ1n) is 11.4. The molecule has 0 aromatic heterocycles. The van der Waals surface area contributed by atoms with Crippen molar-refractivity contribution in [3.63, 3.8) is 0 Å². The molecule has 0 radical (unpaired) electrons. The van der Waals surface area contributed by atoms with E-state index in [1.54, 1.807) is 13.2 Å². The zero-order valence-corrected chi connectivity index (χ0v) is 21.1. The van der Waals surface area contributed by atoms with E-state index in [0.717, 1.165) is 11.1 Å². The van der Waals surface area contributed by atoms with Crippen molar-refractivity contribution in [3.8, 4) is 17.2 Å². The van der Waals surface area contributed by atoms with E-state index in [0.29, 0.717) is 22.3 Å². The van der Waals surface area contributed by atoms with E-state index < -0.39 is 15.9 Å². The minimum Gasteiger partial charge on any atom is -0.496 e. The van der Waals surface area contributed by atoms with Crippen molar-refractivity contribution in [1.29, 1.82) is 0 Å². The molecule has 2 aliphatic heterocycles. The molecule has 2 aliphatic rings. The van der Waals surface area contributed by atoms with Gasteiger partial charge < -0.3 is 19.5 Å². The molecule has 2 heterocycles. The monoisotopic (exact) mass is 528 g/mol. The van der Waals surface area contributed by atoms with Gasteiger partial charge in [-0.15, -0.1) is 0 Å². The second-order valence-electron chi connectivity index (χ2n) is 8.64. The molecule has 188 valence electrons. The Balaban J connectivity index is 1.40. The van der Waals surface area contributed by atoms with E-state index in [2.05, 4.69) is 5.32 Å². The Hall–Kier alpha value is -3.27. The number of amides is 1. The molecular formula is C26H25ClN2O6S. The van der Waals surface area contributed by atoms with E-state index in [1.165, 1.54) is 28.6 Å². The highest BCUT2D eigenvalue weighted by Crippen LogP contribution is 2.40. The van der Waals surface area contributed by atoms with E-state index in [9.17, 15) is 13.2 Å². The maximum atomic E-state index is 13.4. The molecule has 0 spiro atoms. The molecule has 3 aromatic rings. The number of rotatable bonds is 7. The Morgan fingerprint density at radius 2 is 1.81 bits per heavy atom. The van der Waals surface area contributed by atoms with Gasteiger partial charge in [-0.25, -0.2) is 8.42 Å². The summed E-state index contributed by atoms with van der Waals surface area (Å²) in [6.07, 6.45) is 0. The predicted molar refractivity (Wildman–Crippen MR) is 134 cm³/mol. The van der Waals surface area contributed by atoms with Gasteiger partial charge in [0.15, 0.2) is 11.5 Å². The number of sulfonamides is 1. The summed E-state index contributed by atoms with van der Waals surface area (Å²) < 4.78 is 44.5. The van der Waals surface area contributed by atoms with Crippen LogP contribution in [-0.4, -0.2) is 45.6 Å². The molecule has 5 rings (SSSR count). The van der Waals surface area contributed by atoms with Gasteiger partial charge in [-0.3, -0.25) is 4.79 Å². The summed E-state index contributed by atoms with van der Waals surface area (Å²) in [6, 6.07) is 18.9. The van der Waals surface area contributed by atoms with Crippen molar-refractivity contribution >= 4 is 27.5 Å². The van der Waals surface area contributed by atoms with Gasteiger partial charge in [0.05, 0.1) is 17.9 Å². The largest absolute Gasteiger partial charge is 0.496 e. The Kier molecular flexibility index (Phi) is 6.79. The van der Waals surface area contributed by atoms with Crippen LogP contribution in [0.2, 0.25) is 5.02 Å². The third kappa shape index (κ3) is 4.74. The maximum Gasteiger partial charge on any atom is 0.243 e. The number of fused-ring (bicyclic) bond motifs is 1. The van der Waals surface area contributed by atoms with Crippen molar-refractivity contribution in [2.45, 2.75) is 17.4 Å². The lowest BCUT2D eigenvalue weighted by atomic mass is 9.87. The predicted octanol–water partition coefficient (Wildman–Crippen LogP) is 3.80. The van der Waals surface area contributed by atoms with Crippen LogP contribution in [0, 0.1) is 5.92 Å². The van der Waals surface area contributed by atoms with Gasteiger partial charge in [0.1, 0.15) is 5.75 Å². The van der Waals surface area contributed by atoms with Gasteiger partial charge in [0, 0.05) is 30.6 Å². The fourth-order valence-electron chi connectivity index (χ4n) is 4.64. The number of hydrogen-bond acceptors (Lipinski definition) is 6. The van der Waals surface area contributed by atoms with E-state index in [-0.39, 0.29) is 43.1 Å². The van der Waals surface area contributed by atoms with Gasteiger partial charge in [-0.05, 0) is 53.6 Å². The highest BCUT2D eigenvalue weighted by atomic mass is 35.5. The minimum absolute atomic E-state index is 0.0423. The summed E-state index contributed by atoms with van der Waals surface area (Å²) in [5.74, 6) is 0.673. The number of benzene rings is 3. The average Bonchev–Trinajstić information content (AvgIpc) is 3.55. The minimum atomic E-state index is -3.83. The third-order valence-corrected chi connectivity index (χ3v) is 8.61. The molecule has 0 unspecified atom stereocenters. The molecule has 0 saturated carbocycles. The van der Waals surface area contributed by atoms with E-state index >= 15 is 0 Å². The van der Waals surface area contributed by atoms with Crippen LogP contribution >= 0.6 is 11.6 Å². The molecule has 36 heavy (non-hydrogen) atoms. The van der Waals surface area contributed by atoms with Crippen LogP contribution in [0.3, 0.4) is 0 Å². The average molecular weight is 529 g/mol. The molecule has 0 bridgehead atoms. The molecule has 3 aromatic carbocycles. The van der Waals surface area contributed by atoms with Crippen molar-refractivity contribution in [2.24, 2.45) is 5.92 Å². The number of nitrogens with zero attached hydrogens (tertiary/aromatic N) is 1. The summed E-state index contributed by atoms with van der Waals surface area (Å²) in [6.45, 7) is 0.633. The summed E-state index contributed by atoms with van der Waals surface area (Å²) in [7, 11) is -2.27. The van der Waals surface area contributed by atoms with Crippen LogP contribution in [-0.2, 0) is 21.4 Å². The van der Waals surface area contributed by atoms with Crippen LogP contribution < -0.4 is 19.5 Å². The van der Waals surface area contributed by atoms with Crippen LogP contribution in [0.15, 0.2) is 71.6 Å². The van der Waals surface area contributed by atoms with Crippen molar-refractivity contribution in [1.82, 2.24) is 9.62 Å². The highest BCUT2D eigenvalue weighted by molar-refractivity contribution is 7.89. The van der Waals surface area contributed by atoms with Gasteiger partial charge in [-0.1, -0.05) is 35.9 Å². The van der Waals surface area contributed by atoms with E-state index in [1.807, 2.05) is 36.4 Å². The number of hydrogen-bond donors (Lipinski definition) is 1. The summed E-state index contributed by atoms with van der Waals surface area (Å²) >= 11 is 5.95. The topological polar surface area (TPSA) is 94.2 Å². The second-order valence-corrected chi connectivity index (χ2v) is 11.0. The van der Waals surface area contributed by atoms with E-state index in [4.69, 9.17) is 25.8 Å². The van der Waals surface area contributed by atoms with Gasteiger partial charge >= 0.3 is 0 Å². The SMILES string of the molecule is COc1ccccc1[C@H]1CN(S(=O)(=O)c2ccc(Cl)cc2)C[C@@H]1C(=O)NCc1ccc2c(c1)OCO2. The lowest BCUT2D eigenvalue weighted by Crippen LogP contribution is -2.35. The van der Waals surface area contributed by atoms with Crippen LogP contribution in [0.25, 0.3) is 0 Å². The lowest BCUT2D eigenvalue weighted by Gasteiger charge is -2.20. The number of halogens is 1. The standard InChI is InChI=1S/C26H25ClN2O6S/c1-33-23-5-3-2-4-20(23)21-14-29(36(31,32)19-9-7-18(27)8-10-19)15-22(21)26(30)28-13-17-6-11-24-25(12-17)35-16-34-24/h2-12,21-22H,13-16H2,1H3,(H,28,30)/t21-,22+/m1/s1. The van der Waals surface area contributed by atoms with Gasteiger partial charge in [-0.2, -0.15) is 4.31 Å². The Labute approximate surface area is 214 Å². The third-order valence-electron chi connectivity index (χ3n) is 6.52. The highest BCUT2D eigenvalue weighted by Gasteiger charge is 2.44. The van der Waals surface area contributed by atoms with Crippen LogP contribution in [0.1, 0.15) is 17.0 Å². The normalized spacial score (nSPS) is 19.3. The number of ether oxygens (including phenoxy) is 3. The molecule has 2 atom stereocenters. The first-order valence-corrected chi connectivity index (χ1v) is 13.2. The first kappa shape index (κ1) is 24.4. The Morgan fingerprint density at radius 3 is 2.58 bits per heavy atom. The fourth-order valence-corrected chi connectivity index (χ4v) is 6.26. The van der Waals surface area contributed by atoms with Gasteiger partial charge in [0.25, 0.3) is 0 Å².